The van der Waals surface area contributed by atoms with Crippen molar-refractivity contribution >= 4 is 0 Å². The Morgan fingerprint density at radius 3 is 2.71 bits per heavy atom. The fourth-order valence-electron chi connectivity index (χ4n) is 3.43. The van der Waals surface area contributed by atoms with Crippen LogP contribution in [0.25, 0.3) is 0 Å². The summed E-state index contributed by atoms with van der Waals surface area (Å²) in [7, 11) is 3.32. The normalized spacial score (nSPS) is 17.5. The molecule has 1 aliphatic rings. The lowest BCUT2D eigenvalue weighted by Gasteiger charge is -2.25. The second kappa shape index (κ2) is 7.37. The predicted molar refractivity (Wildman–Crippen MR) is 93.1 cm³/mol. The Balaban J connectivity index is 1.81. The highest BCUT2D eigenvalue weighted by molar-refractivity contribution is 5.44. The number of hydrogen-bond acceptors (Lipinski definition) is 4. The first-order valence-electron chi connectivity index (χ1n) is 8.20. The van der Waals surface area contributed by atoms with Crippen molar-refractivity contribution < 1.29 is 9.47 Å². The molecule has 1 saturated heterocycles. The maximum Gasteiger partial charge on any atom is 0.161 e. The number of benzene rings is 2. The van der Waals surface area contributed by atoms with Crippen molar-refractivity contribution in [3.05, 3.63) is 59.2 Å². The molecule has 4 nitrogen and oxygen atoms in total. The SMILES string of the molecule is COc1ccc(C2CCCN2Cc2cccc(C#N)c2)cc1OC. The van der Waals surface area contributed by atoms with Crippen LogP contribution in [0, 0.1) is 11.3 Å². The van der Waals surface area contributed by atoms with Crippen LogP contribution in [0.3, 0.4) is 0 Å². The topological polar surface area (TPSA) is 45.5 Å². The summed E-state index contributed by atoms with van der Waals surface area (Å²) in [5.41, 5.74) is 3.15. The Hall–Kier alpha value is -2.51. The smallest absolute Gasteiger partial charge is 0.161 e. The van der Waals surface area contributed by atoms with Crippen molar-refractivity contribution in [2.24, 2.45) is 0 Å². The van der Waals surface area contributed by atoms with Gasteiger partial charge in [-0.1, -0.05) is 18.2 Å². The summed E-state index contributed by atoms with van der Waals surface area (Å²) in [5, 5.41) is 9.07. The van der Waals surface area contributed by atoms with Crippen LogP contribution in [0.4, 0.5) is 0 Å². The van der Waals surface area contributed by atoms with Crippen LogP contribution in [0.5, 0.6) is 11.5 Å². The first-order chi connectivity index (χ1) is 11.7. The van der Waals surface area contributed by atoms with Crippen LogP contribution in [0.15, 0.2) is 42.5 Å². The summed E-state index contributed by atoms with van der Waals surface area (Å²) in [5.74, 6) is 1.53. The van der Waals surface area contributed by atoms with Crippen LogP contribution in [0.1, 0.15) is 35.6 Å². The summed E-state index contributed by atoms with van der Waals surface area (Å²) in [6, 6.07) is 16.6. The molecule has 3 rings (SSSR count). The highest BCUT2D eigenvalue weighted by Gasteiger charge is 2.26. The van der Waals surface area contributed by atoms with Crippen molar-refractivity contribution in [3.8, 4) is 17.6 Å². The largest absolute Gasteiger partial charge is 0.493 e. The molecule has 0 aromatic heterocycles. The monoisotopic (exact) mass is 322 g/mol. The number of methoxy groups -OCH3 is 2. The lowest BCUT2D eigenvalue weighted by atomic mass is 10.0. The molecule has 2 aromatic carbocycles. The van der Waals surface area contributed by atoms with Gasteiger partial charge in [-0.15, -0.1) is 0 Å². The van der Waals surface area contributed by atoms with Gasteiger partial charge in [-0.3, -0.25) is 4.90 Å². The number of nitriles is 1. The minimum atomic E-state index is 0.371. The molecule has 1 fully saturated rings. The lowest BCUT2D eigenvalue weighted by Crippen LogP contribution is -2.22. The molecule has 1 heterocycles. The molecule has 0 amide bonds. The van der Waals surface area contributed by atoms with E-state index in [9.17, 15) is 0 Å². The fraction of sp³-hybridized carbons (Fsp3) is 0.350. The summed E-state index contributed by atoms with van der Waals surface area (Å²) < 4.78 is 10.8. The fourth-order valence-corrected chi connectivity index (χ4v) is 3.43. The van der Waals surface area contributed by atoms with Crippen LogP contribution in [-0.2, 0) is 6.54 Å². The van der Waals surface area contributed by atoms with Crippen molar-refractivity contribution in [2.75, 3.05) is 20.8 Å². The van der Waals surface area contributed by atoms with Crippen LogP contribution >= 0.6 is 0 Å². The van der Waals surface area contributed by atoms with Gasteiger partial charge in [0.25, 0.3) is 0 Å². The van der Waals surface area contributed by atoms with Gasteiger partial charge in [0.15, 0.2) is 11.5 Å². The van der Waals surface area contributed by atoms with E-state index >= 15 is 0 Å². The molecule has 4 heteroatoms. The second-order valence-corrected chi connectivity index (χ2v) is 6.06. The minimum absolute atomic E-state index is 0.371. The first-order valence-corrected chi connectivity index (χ1v) is 8.20. The third-order valence-electron chi connectivity index (χ3n) is 4.60. The molecule has 0 saturated carbocycles. The quantitative estimate of drug-likeness (QED) is 0.837. The van der Waals surface area contributed by atoms with Crippen LogP contribution in [-0.4, -0.2) is 25.7 Å². The number of likely N-dealkylation sites (tertiary alicyclic amines) is 1. The minimum Gasteiger partial charge on any atom is -0.493 e. The van der Waals surface area contributed by atoms with Gasteiger partial charge < -0.3 is 9.47 Å². The highest BCUT2D eigenvalue weighted by atomic mass is 16.5. The van der Waals surface area contributed by atoms with E-state index in [0.29, 0.717) is 6.04 Å². The molecule has 0 spiro atoms. The Kier molecular flexibility index (Phi) is 5.02. The van der Waals surface area contributed by atoms with Gasteiger partial charge in [0, 0.05) is 12.6 Å². The standard InChI is InChI=1S/C20H22N2O2/c1-23-19-9-8-17(12-20(19)24-2)18-7-4-10-22(18)14-16-6-3-5-15(11-16)13-21/h3,5-6,8-9,11-12,18H,4,7,10,14H2,1-2H3. The number of nitrogens with zero attached hydrogens (tertiary/aromatic N) is 2. The zero-order valence-corrected chi connectivity index (χ0v) is 14.2. The van der Waals surface area contributed by atoms with Crippen molar-refractivity contribution in [2.45, 2.75) is 25.4 Å². The average Bonchev–Trinajstić information content (AvgIpc) is 3.09. The van der Waals surface area contributed by atoms with Gasteiger partial charge >= 0.3 is 0 Å². The molecule has 0 N–H and O–H groups in total. The van der Waals surface area contributed by atoms with E-state index < -0.39 is 0 Å². The predicted octanol–water partition coefficient (Wildman–Crippen LogP) is 3.91. The van der Waals surface area contributed by atoms with E-state index in [0.717, 1.165) is 36.6 Å². The molecule has 2 aromatic rings. The summed E-state index contributed by atoms with van der Waals surface area (Å²) in [6.07, 6.45) is 2.31. The molecule has 0 radical (unpaired) electrons. The molecule has 1 atom stereocenters. The average molecular weight is 322 g/mol. The van der Waals surface area contributed by atoms with E-state index in [1.54, 1.807) is 14.2 Å². The van der Waals surface area contributed by atoms with Gasteiger partial charge in [-0.05, 0) is 54.8 Å². The third kappa shape index (κ3) is 3.37. The van der Waals surface area contributed by atoms with Gasteiger partial charge in [0.2, 0.25) is 0 Å². The highest BCUT2D eigenvalue weighted by Crippen LogP contribution is 2.37. The summed E-state index contributed by atoms with van der Waals surface area (Å²) in [4.78, 5) is 2.47. The molecular formula is C20H22N2O2. The summed E-state index contributed by atoms with van der Waals surface area (Å²) in [6.45, 7) is 1.92. The second-order valence-electron chi connectivity index (χ2n) is 6.06. The Morgan fingerprint density at radius 1 is 1.12 bits per heavy atom. The zero-order chi connectivity index (χ0) is 16.9. The summed E-state index contributed by atoms with van der Waals surface area (Å²) >= 11 is 0. The van der Waals surface area contributed by atoms with E-state index in [2.05, 4.69) is 29.2 Å². The van der Waals surface area contributed by atoms with Crippen LogP contribution < -0.4 is 9.47 Å². The van der Waals surface area contributed by atoms with E-state index in [1.807, 2.05) is 24.3 Å². The van der Waals surface area contributed by atoms with Gasteiger partial charge in [0.05, 0.1) is 25.9 Å². The first kappa shape index (κ1) is 16.4. The number of ether oxygens (including phenoxy) is 2. The Morgan fingerprint density at radius 2 is 1.96 bits per heavy atom. The Bertz CT molecular complexity index is 752. The molecular weight excluding hydrogens is 300 g/mol. The molecule has 0 aliphatic carbocycles. The van der Waals surface area contributed by atoms with Crippen molar-refractivity contribution in [3.63, 3.8) is 0 Å². The van der Waals surface area contributed by atoms with Gasteiger partial charge in [0.1, 0.15) is 0 Å². The van der Waals surface area contributed by atoms with Crippen molar-refractivity contribution in [1.29, 1.82) is 5.26 Å². The number of rotatable bonds is 5. The molecule has 1 aliphatic heterocycles. The van der Waals surface area contributed by atoms with E-state index in [4.69, 9.17) is 14.7 Å². The number of hydrogen-bond donors (Lipinski definition) is 0. The van der Waals surface area contributed by atoms with Crippen molar-refractivity contribution in [1.82, 2.24) is 4.90 Å². The van der Waals surface area contributed by atoms with E-state index in [-0.39, 0.29) is 0 Å². The maximum atomic E-state index is 9.07. The molecule has 1 unspecified atom stereocenters. The maximum absolute atomic E-state index is 9.07. The van der Waals surface area contributed by atoms with Crippen LogP contribution in [0.2, 0.25) is 0 Å². The molecule has 124 valence electrons. The zero-order valence-electron chi connectivity index (χ0n) is 14.2. The lowest BCUT2D eigenvalue weighted by molar-refractivity contribution is 0.247. The molecule has 0 bridgehead atoms. The molecule has 24 heavy (non-hydrogen) atoms. The van der Waals surface area contributed by atoms with E-state index in [1.165, 1.54) is 17.5 Å². The third-order valence-corrected chi connectivity index (χ3v) is 4.60. The van der Waals surface area contributed by atoms with Gasteiger partial charge in [-0.2, -0.15) is 5.26 Å². The van der Waals surface area contributed by atoms with Gasteiger partial charge in [-0.25, -0.2) is 0 Å². The Labute approximate surface area is 143 Å².